The summed E-state index contributed by atoms with van der Waals surface area (Å²) in [5, 5.41) is 3.34. The summed E-state index contributed by atoms with van der Waals surface area (Å²) >= 11 is 6.17. The predicted octanol–water partition coefficient (Wildman–Crippen LogP) is 5.69. The molecule has 0 aromatic heterocycles. The summed E-state index contributed by atoms with van der Waals surface area (Å²) in [7, 11) is 3.95. The fourth-order valence-electron chi connectivity index (χ4n) is 3.37. The summed E-state index contributed by atoms with van der Waals surface area (Å²) in [6, 6.07) is 12.8. The van der Waals surface area contributed by atoms with Crippen LogP contribution in [0.5, 0.6) is 0 Å². The third-order valence-corrected chi connectivity index (χ3v) is 5.84. The van der Waals surface area contributed by atoms with Crippen molar-refractivity contribution in [2.45, 2.75) is 47.2 Å². The van der Waals surface area contributed by atoms with Gasteiger partial charge in [-0.15, -0.1) is 0 Å². The van der Waals surface area contributed by atoms with E-state index in [-0.39, 0.29) is 23.8 Å². The molecule has 0 spiro atoms. The Hall–Kier alpha value is -2.53. The van der Waals surface area contributed by atoms with Crippen LogP contribution in [0.3, 0.4) is 0 Å². The molecule has 2 aromatic carbocycles. The van der Waals surface area contributed by atoms with Gasteiger partial charge in [-0.25, -0.2) is 0 Å². The number of benzene rings is 2. The van der Waals surface area contributed by atoms with E-state index in [1.165, 1.54) is 0 Å². The number of nitrogens with one attached hydrogen (secondary N) is 1. The molecule has 0 aliphatic carbocycles. The van der Waals surface area contributed by atoms with E-state index in [1.807, 2.05) is 55.9 Å². The Balaban J connectivity index is 2.39. The lowest BCUT2D eigenvalue weighted by molar-refractivity contribution is -0.138. The third kappa shape index (κ3) is 6.23. The highest BCUT2D eigenvalue weighted by molar-refractivity contribution is 6.34. The lowest BCUT2D eigenvalue weighted by Gasteiger charge is -2.34. The first kappa shape index (κ1) is 24.7. The third-order valence-electron chi connectivity index (χ3n) is 5.51. The van der Waals surface area contributed by atoms with Gasteiger partial charge in [0.25, 0.3) is 5.91 Å². The van der Waals surface area contributed by atoms with Crippen molar-refractivity contribution in [1.29, 1.82) is 0 Å². The average Bonchev–Trinajstić information content (AvgIpc) is 2.71. The fourth-order valence-corrected chi connectivity index (χ4v) is 3.59. The lowest BCUT2D eigenvalue weighted by atomic mass is 10.0. The zero-order chi connectivity index (χ0) is 23.3. The fraction of sp³-hybridized carbons (Fsp3) is 0.440. The summed E-state index contributed by atoms with van der Waals surface area (Å²) in [6.07, 6.45) is 0. The van der Waals surface area contributed by atoms with Gasteiger partial charge in [-0.2, -0.15) is 0 Å². The van der Waals surface area contributed by atoms with E-state index >= 15 is 0 Å². The zero-order valence-electron chi connectivity index (χ0n) is 19.6. The molecule has 0 saturated heterocycles. The monoisotopic (exact) mass is 443 g/mol. The van der Waals surface area contributed by atoms with E-state index in [4.69, 9.17) is 11.6 Å². The van der Waals surface area contributed by atoms with E-state index in [1.54, 1.807) is 24.3 Å². The van der Waals surface area contributed by atoms with E-state index in [0.29, 0.717) is 28.7 Å². The van der Waals surface area contributed by atoms with Crippen molar-refractivity contribution in [3.8, 4) is 0 Å². The van der Waals surface area contributed by atoms with Crippen molar-refractivity contribution < 1.29 is 9.59 Å². The number of rotatable bonds is 8. The molecule has 168 valence electrons. The number of hydrogen-bond acceptors (Lipinski definition) is 3. The zero-order valence-corrected chi connectivity index (χ0v) is 20.3. The van der Waals surface area contributed by atoms with Crippen molar-refractivity contribution in [1.82, 2.24) is 4.90 Å². The van der Waals surface area contributed by atoms with Crippen molar-refractivity contribution in [3.63, 3.8) is 0 Å². The molecule has 0 fully saturated rings. The topological polar surface area (TPSA) is 52.7 Å². The van der Waals surface area contributed by atoms with Crippen molar-refractivity contribution in [2.75, 3.05) is 24.3 Å². The minimum absolute atomic E-state index is 0.0892. The highest BCUT2D eigenvalue weighted by Gasteiger charge is 2.26. The van der Waals surface area contributed by atoms with Gasteiger partial charge in [-0.05, 0) is 48.7 Å². The Morgan fingerprint density at radius 1 is 1.00 bits per heavy atom. The molecule has 1 atom stereocenters. The highest BCUT2D eigenvalue weighted by Crippen LogP contribution is 2.28. The maximum absolute atomic E-state index is 13.0. The SMILES string of the molecule is CC(C)C(=O)N(Cc1cc(NC(=O)c2ccccc2Cl)ccc1N(C)C)C(C)C(C)C. The maximum atomic E-state index is 13.0. The van der Waals surface area contributed by atoms with Crippen LogP contribution >= 0.6 is 11.6 Å². The van der Waals surface area contributed by atoms with Crippen molar-refractivity contribution in [3.05, 3.63) is 58.6 Å². The van der Waals surface area contributed by atoms with Crippen LogP contribution < -0.4 is 10.2 Å². The molecule has 1 N–H and O–H groups in total. The maximum Gasteiger partial charge on any atom is 0.257 e. The Morgan fingerprint density at radius 3 is 2.19 bits per heavy atom. The minimum Gasteiger partial charge on any atom is -0.377 e. The Morgan fingerprint density at radius 2 is 1.65 bits per heavy atom. The number of nitrogens with zero attached hydrogens (tertiary/aromatic N) is 2. The molecule has 5 nitrogen and oxygen atoms in total. The lowest BCUT2D eigenvalue weighted by Crippen LogP contribution is -2.43. The van der Waals surface area contributed by atoms with Gasteiger partial charge < -0.3 is 15.1 Å². The van der Waals surface area contributed by atoms with Crippen LogP contribution in [0.15, 0.2) is 42.5 Å². The van der Waals surface area contributed by atoms with Crippen LogP contribution in [0.25, 0.3) is 0 Å². The number of carbonyl (C=O) groups excluding carboxylic acids is 2. The molecule has 0 aliphatic rings. The van der Waals surface area contributed by atoms with Crippen LogP contribution in [-0.2, 0) is 11.3 Å². The first-order valence-electron chi connectivity index (χ1n) is 10.7. The van der Waals surface area contributed by atoms with E-state index < -0.39 is 0 Å². The number of amides is 2. The molecular weight excluding hydrogens is 410 g/mol. The van der Waals surface area contributed by atoms with E-state index in [2.05, 4.69) is 26.1 Å². The molecule has 0 heterocycles. The van der Waals surface area contributed by atoms with Gasteiger partial charge in [-0.3, -0.25) is 9.59 Å². The number of anilines is 2. The Labute approximate surface area is 191 Å². The van der Waals surface area contributed by atoms with Gasteiger partial charge in [-0.1, -0.05) is 51.4 Å². The van der Waals surface area contributed by atoms with Crippen LogP contribution in [0.2, 0.25) is 5.02 Å². The molecule has 0 radical (unpaired) electrons. The first-order chi connectivity index (χ1) is 14.5. The second-order valence-electron chi connectivity index (χ2n) is 8.78. The largest absolute Gasteiger partial charge is 0.377 e. The van der Waals surface area contributed by atoms with E-state index in [0.717, 1.165) is 11.3 Å². The second-order valence-corrected chi connectivity index (χ2v) is 9.18. The number of carbonyl (C=O) groups is 2. The van der Waals surface area contributed by atoms with Crippen LogP contribution in [0.4, 0.5) is 11.4 Å². The molecule has 6 heteroatoms. The Bertz CT molecular complexity index is 925. The van der Waals surface area contributed by atoms with Gasteiger partial charge in [0.1, 0.15) is 0 Å². The summed E-state index contributed by atoms with van der Waals surface area (Å²) in [5.74, 6) is 0.0944. The quantitative estimate of drug-likeness (QED) is 0.570. The normalized spacial score (nSPS) is 12.1. The van der Waals surface area contributed by atoms with Gasteiger partial charge in [0.15, 0.2) is 0 Å². The van der Waals surface area contributed by atoms with Crippen LogP contribution in [-0.4, -0.2) is 36.9 Å². The molecule has 0 bridgehead atoms. The van der Waals surface area contributed by atoms with E-state index in [9.17, 15) is 9.59 Å². The van der Waals surface area contributed by atoms with Crippen LogP contribution in [0, 0.1) is 11.8 Å². The summed E-state index contributed by atoms with van der Waals surface area (Å²) in [6.45, 7) is 10.7. The summed E-state index contributed by atoms with van der Waals surface area (Å²) < 4.78 is 0. The summed E-state index contributed by atoms with van der Waals surface area (Å²) in [4.78, 5) is 29.7. The molecule has 2 amide bonds. The molecule has 2 aromatic rings. The number of hydrogen-bond donors (Lipinski definition) is 1. The highest BCUT2D eigenvalue weighted by atomic mass is 35.5. The smallest absolute Gasteiger partial charge is 0.257 e. The van der Waals surface area contributed by atoms with Crippen LogP contribution in [0.1, 0.15) is 50.5 Å². The molecule has 0 saturated carbocycles. The second kappa shape index (κ2) is 10.7. The molecule has 1 unspecified atom stereocenters. The van der Waals surface area contributed by atoms with Gasteiger partial charge in [0.05, 0.1) is 10.6 Å². The average molecular weight is 444 g/mol. The molecular formula is C25H34ClN3O2. The standard InChI is InChI=1S/C25H34ClN3O2/c1-16(2)18(5)29(25(31)17(3)4)15-19-14-20(12-13-23(19)28(6)7)27-24(30)21-10-8-9-11-22(21)26/h8-14,16-18H,15H2,1-7H3,(H,27,30). The van der Waals surface area contributed by atoms with Crippen molar-refractivity contribution in [2.24, 2.45) is 11.8 Å². The first-order valence-corrected chi connectivity index (χ1v) is 11.1. The Kier molecular flexibility index (Phi) is 8.52. The van der Waals surface area contributed by atoms with Gasteiger partial charge in [0, 0.05) is 44.0 Å². The molecule has 31 heavy (non-hydrogen) atoms. The molecule has 0 aliphatic heterocycles. The molecule has 2 rings (SSSR count). The van der Waals surface area contributed by atoms with Gasteiger partial charge in [0.2, 0.25) is 5.91 Å². The van der Waals surface area contributed by atoms with Gasteiger partial charge >= 0.3 is 0 Å². The minimum atomic E-state index is -0.264. The van der Waals surface area contributed by atoms with Crippen molar-refractivity contribution >= 4 is 34.8 Å². The summed E-state index contributed by atoms with van der Waals surface area (Å²) in [5.41, 5.74) is 3.07. The predicted molar refractivity (Wildman–Crippen MR) is 130 cm³/mol. The number of halogens is 1.